The smallest absolute Gasteiger partial charge is 0.228 e. The number of rotatable bonds is 2. The molecule has 1 aromatic heterocycles. The van der Waals surface area contributed by atoms with Crippen molar-refractivity contribution in [2.24, 2.45) is 0 Å². The summed E-state index contributed by atoms with van der Waals surface area (Å²) in [5, 5.41) is 2.95. The van der Waals surface area contributed by atoms with Gasteiger partial charge in [0.15, 0.2) is 0 Å². The van der Waals surface area contributed by atoms with Gasteiger partial charge in [0.25, 0.3) is 0 Å². The summed E-state index contributed by atoms with van der Waals surface area (Å²) in [7, 11) is 0. The Morgan fingerprint density at radius 2 is 2.05 bits per heavy atom. The van der Waals surface area contributed by atoms with Crippen LogP contribution in [0.1, 0.15) is 21.4 Å². The predicted octanol–water partition coefficient (Wildman–Crippen LogP) is 4.88. The third-order valence-corrected chi connectivity index (χ3v) is 5.19. The largest absolute Gasteiger partial charge is 0.325 e. The number of carbonyl (C=O) groups excluding carboxylic acids is 1. The molecule has 19 heavy (non-hydrogen) atoms. The molecule has 6 heteroatoms. The number of anilines is 1. The molecule has 0 aliphatic carbocycles. The van der Waals surface area contributed by atoms with Crippen LogP contribution in [0, 0.1) is 0 Å². The number of amides is 1. The zero-order chi connectivity index (χ0) is 13.6. The third-order valence-electron chi connectivity index (χ3n) is 2.96. The van der Waals surface area contributed by atoms with Crippen LogP contribution in [0.25, 0.3) is 0 Å². The molecule has 0 spiro atoms. The summed E-state index contributed by atoms with van der Waals surface area (Å²) in [6.07, 6.45) is 0.369. The number of fused-ring (bicyclic) bond motifs is 1. The molecule has 2 aromatic rings. The second kappa shape index (κ2) is 4.98. The van der Waals surface area contributed by atoms with Gasteiger partial charge >= 0.3 is 0 Å². The van der Waals surface area contributed by atoms with Crippen molar-refractivity contribution < 1.29 is 4.79 Å². The van der Waals surface area contributed by atoms with Gasteiger partial charge in [-0.25, -0.2) is 0 Å². The highest BCUT2D eigenvalue weighted by molar-refractivity contribution is 7.16. The molecule has 0 saturated heterocycles. The van der Waals surface area contributed by atoms with E-state index < -0.39 is 0 Å². The van der Waals surface area contributed by atoms with Crippen molar-refractivity contribution >= 4 is 57.7 Å². The van der Waals surface area contributed by atoms with E-state index in [9.17, 15) is 4.79 Å². The van der Waals surface area contributed by atoms with Crippen molar-refractivity contribution in [3.8, 4) is 0 Å². The van der Waals surface area contributed by atoms with Crippen LogP contribution in [0.5, 0.6) is 0 Å². The zero-order valence-electron chi connectivity index (χ0n) is 9.54. The number of hydrogen-bond acceptors (Lipinski definition) is 2. The summed E-state index contributed by atoms with van der Waals surface area (Å²) in [5.74, 6) is -0.0199. The van der Waals surface area contributed by atoms with Gasteiger partial charge in [-0.15, -0.1) is 22.9 Å². The fourth-order valence-electron chi connectivity index (χ4n) is 2.08. The normalized spacial score (nSPS) is 15.2. The van der Waals surface area contributed by atoms with Gasteiger partial charge in [-0.05, 0) is 35.4 Å². The first kappa shape index (κ1) is 13.3. The second-order valence-corrected chi connectivity index (χ2v) is 6.85. The summed E-state index contributed by atoms with van der Waals surface area (Å²) in [6, 6.07) is 7.34. The molecule has 0 bridgehead atoms. The van der Waals surface area contributed by atoms with Crippen molar-refractivity contribution in [2.75, 3.05) is 5.32 Å². The van der Waals surface area contributed by atoms with E-state index in [2.05, 4.69) is 5.32 Å². The van der Waals surface area contributed by atoms with Crippen LogP contribution in [0.4, 0.5) is 5.69 Å². The van der Waals surface area contributed by atoms with E-state index in [0.29, 0.717) is 15.8 Å². The first-order chi connectivity index (χ1) is 9.04. The quantitative estimate of drug-likeness (QED) is 0.780. The van der Waals surface area contributed by atoms with Gasteiger partial charge < -0.3 is 5.32 Å². The molecule has 2 nitrogen and oxygen atoms in total. The number of halogens is 3. The monoisotopic (exact) mass is 331 g/mol. The fraction of sp³-hybridized carbons (Fsp3) is 0.154. The van der Waals surface area contributed by atoms with E-state index in [1.807, 2.05) is 18.2 Å². The Balaban J connectivity index is 2.02. The molecule has 2 heterocycles. The summed E-state index contributed by atoms with van der Waals surface area (Å²) < 4.78 is 0.690. The van der Waals surface area contributed by atoms with Crippen molar-refractivity contribution in [3.05, 3.63) is 49.6 Å². The molecule has 1 unspecified atom stereocenters. The number of carbonyl (C=O) groups is 1. The minimum absolute atomic E-state index is 0.0199. The van der Waals surface area contributed by atoms with Gasteiger partial charge in [0.1, 0.15) is 0 Å². The number of thiophene rings is 1. The maximum Gasteiger partial charge on any atom is 0.228 e. The van der Waals surface area contributed by atoms with Crippen molar-refractivity contribution in [2.45, 2.75) is 11.8 Å². The van der Waals surface area contributed by atoms with Crippen LogP contribution < -0.4 is 5.32 Å². The van der Waals surface area contributed by atoms with E-state index in [4.69, 9.17) is 34.8 Å². The van der Waals surface area contributed by atoms with Crippen molar-refractivity contribution in [1.82, 2.24) is 0 Å². The molecule has 1 atom stereocenters. The maximum atomic E-state index is 11.4. The molecule has 1 N–H and O–H groups in total. The van der Waals surface area contributed by atoms with E-state index in [0.717, 1.165) is 21.7 Å². The zero-order valence-corrected chi connectivity index (χ0v) is 12.6. The summed E-state index contributed by atoms with van der Waals surface area (Å²) >= 11 is 20.0. The minimum Gasteiger partial charge on any atom is -0.325 e. The van der Waals surface area contributed by atoms with E-state index >= 15 is 0 Å². The lowest BCUT2D eigenvalue weighted by Gasteiger charge is -2.12. The Morgan fingerprint density at radius 1 is 1.26 bits per heavy atom. The minimum atomic E-state index is -0.356. The molecular formula is C13H8Cl3NOS. The van der Waals surface area contributed by atoms with Crippen LogP contribution in [0.2, 0.25) is 9.36 Å². The average molecular weight is 333 g/mol. The molecule has 98 valence electrons. The Morgan fingerprint density at radius 3 is 2.74 bits per heavy atom. The van der Waals surface area contributed by atoms with Gasteiger partial charge in [-0.1, -0.05) is 23.2 Å². The predicted molar refractivity (Wildman–Crippen MR) is 80.8 cm³/mol. The number of hydrogen-bond donors (Lipinski definition) is 1. The van der Waals surface area contributed by atoms with Crippen molar-refractivity contribution in [1.29, 1.82) is 0 Å². The summed E-state index contributed by atoms with van der Waals surface area (Å²) in [4.78, 5) is 12.3. The standard InChI is InChI=1S/C13H8Cl3NOS/c14-8-5-9-6(4-12(18)17-9)3-7(8)13(16)10-1-2-11(15)19-10/h1-3,5,13H,4H2,(H,17,18). The highest BCUT2D eigenvalue weighted by Gasteiger charge is 2.23. The highest BCUT2D eigenvalue weighted by Crippen LogP contribution is 2.41. The second-order valence-electron chi connectivity index (χ2n) is 4.26. The third kappa shape index (κ3) is 2.48. The molecule has 1 aliphatic heterocycles. The SMILES string of the molecule is O=C1Cc2cc(C(Cl)c3ccc(Cl)s3)c(Cl)cc2N1. The molecule has 1 aromatic carbocycles. The van der Waals surface area contributed by atoms with Crippen LogP contribution in [0.15, 0.2) is 24.3 Å². The lowest BCUT2D eigenvalue weighted by atomic mass is 10.0. The van der Waals surface area contributed by atoms with E-state index in [-0.39, 0.29) is 11.3 Å². The van der Waals surface area contributed by atoms with Crippen LogP contribution >= 0.6 is 46.1 Å². The van der Waals surface area contributed by atoms with Crippen LogP contribution in [-0.4, -0.2) is 5.91 Å². The summed E-state index contributed by atoms with van der Waals surface area (Å²) in [5.41, 5.74) is 2.50. The number of benzene rings is 1. The first-order valence-corrected chi connectivity index (χ1v) is 7.57. The number of nitrogens with one attached hydrogen (secondary N) is 1. The number of alkyl halides is 1. The topological polar surface area (TPSA) is 29.1 Å². The molecule has 1 aliphatic rings. The Labute approximate surface area is 129 Å². The van der Waals surface area contributed by atoms with E-state index in [1.54, 1.807) is 6.07 Å². The van der Waals surface area contributed by atoms with Gasteiger partial charge in [0, 0.05) is 15.6 Å². The van der Waals surface area contributed by atoms with E-state index in [1.165, 1.54) is 11.3 Å². The van der Waals surface area contributed by atoms with Crippen LogP contribution in [0.3, 0.4) is 0 Å². The van der Waals surface area contributed by atoms with Gasteiger partial charge in [-0.3, -0.25) is 4.79 Å². The van der Waals surface area contributed by atoms with Gasteiger partial charge in [0.05, 0.1) is 16.1 Å². The average Bonchev–Trinajstić information content (AvgIpc) is 2.92. The first-order valence-electron chi connectivity index (χ1n) is 5.56. The molecular weight excluding hydrogens is 325 g/mol. The Kier molecular flexibility index (Phi) is 3.48. The maximum absolute atomic E-state index is 11.4. The lowest BCUT2D eigenvalue weighted by Crippen LogP contribution is -2.03. The van der Waals surface area contributed by atoms with Gasteiger partial charge in [-0.2, -0.15) is 0 Å². The highest BCUT2D eigenvalue weighted by atomic mass is 35.5. The lowest BCUT2D eigenvalue weighted by molar-refractivity contribution is -0.115. The molecule has 3 rings (SSSR count). The van der Waals surface area contributed by atoms with Crippen molar-refractivity contribution in [3.63, 3.8) is 0 Å². The molecule has 0 saturated carbocycles. The molecule has 0 radical (unpaired) electrons. The molecule has 1 amide bonds. The van der Waals surface area contributed by atoms with Gasteiger partial charge in [0.2, 0.25) is 5.91 Å². The Bertz CT molecular complexity index is 668. The summed E-state index contributed by atoms with van der Waals surface area (Å²) in [6.45, 7) is 0. The fourth-order valence-corrected chi connectivity index (χ4v) is 3.85. The Hall–Kier alpha value is -0.740. The molecule has 0 fully saturated rings. The van der Waals surface area contributed by atoms with Crippen LogP contribution in [-0.2, 0) is 11.2 Å².